The van der Waals surface area contributed by atoms with Crippen molar-refractivity contribution >= 4 is 18.3 Å². The Hall–Kier alpha value is -2.88. The topological polar surface area (TPSA) is 47.9 Å². The maximum atomic E-state index is 12.3. The van der Waals surface area contributed by atoms with Crippen LogP contribution in [0.1, 0.15) is 30.9 Å². The Morgan fingerprint density at radius 2 is 1.76 bits per heavy atom. The van der Waals surface area contributed by atoms with Gasteiger partial charge in [0.25, 0.3) is 0 Å². The summed E-state index contributed by atoms with van der Waals surface area (Å²) >= 11 is 0. The fourth-order valence-electron chi connectivity index (χ4n) is 2.07. The molecule has 0 aliphatic carbocycles. The van der Waals surface area contributed by atoms with Crippen LogP contribution in [0, 0.1) is 0 Å². The van der Waals surface area contributed by atoms with E-state index in [0.29, 0.717) is 6.61 Å². The highest BCUT2D eigenvalue weighted by molar-refractivity contribution is 5.96. The first-order valence-electron chi connectivity index (χ1n) is 8.35. The number of ether oxygens (including phenoxy) is 2. The second-order valence-corrected chi connectivity index (χ2v) is 5.46. The molecule has 0 N–H and O–H groups in total. The standard InChI is InChI=1S/C21H23NO3/c1-3-4-14-25-21(23)20(15-17-8-6-5-7-9-17)22-16-18-10-12-19(24-2)13-11-18/h5-13,15-16H,3-4,14H2,1-2H3. The number of esters is 1. The van der Waals surface area contributed by atoms with Crippen LogP contribution in [-0.2, 0) is 9.53 Å². The fourth-order valence-corrected chi connectivity index (χ4v) is 2.07. The van der Waals surface area contributed by atoms with Crippen LogP contribution < -0.4 is 4.74 Å². The van der Waals surface area contributed by atoms with Crippen LogP contribution in [0.2, 0.25) is 0 Å². The Labute approximate surface area is 148 Å². The number of benzene rings is 2. The van der Waals surface area contributed by atoms with Crippen LogP contribution in [0.15, 0.2) is 65.3 Å². The molecule has 25 heavy (non-hydrogen) atoms. The van der Waals surface area contributed by atoms with Gasteiger partial charge in [-0.2, -0.15) is 0 Å². The predicted octanol–water partition coefficient (Wildman–Crippen LogP) is 4.50. The van der Waals surface area contributed by atoms with Crippen LogP contribution in [-0.4, -0.2) is 25.9 Å². The van der Waals surface area contributed by atoms with Crippen molar-refractivity contribution in [3.63, 3.8) is 0 Å². The van der Waals surface area contributed by atoms with E-state index in [2.05, 4.69) is 11.9 Å². The first-order chi connectivity index (χ1) is 12.2. The molecule has 2 rings (SSSR count). The number of hydrogen-bond acceptors (Lipinski definition) is 4. The minimum Gasteiger partial charge on any atom is -0.497 e. The summed E-state index contributed by atoms with van der Waals surface area (Å²) < 4.78 is 10.4. The minimum absolute atomic E-state index is 0.276. The number of nitrogens with zero attached hydrogens (tertiary/aromatic N) is 1. The van der Waals surface area contributed by atoms with E-state index in [4.69, 9.17) is 9.47 Å². The molecule has 0 saturated carbocycles. The number of hydrogen-bond donors (Lipinski definition) is 0. The van der Waals surface area contributed by atoms with E-state index in [0.717, 1.165) is 29.7 Å². The maximum absolute atomic E-state index is 12.3. The number of unbranched alkanes of at least 4 members (excludes halogenated alkanes) is 1. The Morgan fingerprint density at radius 3 is 2.40 bits per heavy atom. The van der Waals surface area contributed by atoms with Crippen molar-refractivity contribution in [3.8, 4) is 5.75 Å². The van der Waals surface area contributed by atoms with Crippen LogP contribution >= 0.6 is 0 Å². The highest BCUT2D eigenvalue weighted by atomic mass is 16.5. The van der Waals surface area contributed by atoms with Gasteiger partial charge in [-0.15, -0.1) is 0 Å². The predicted molar refractivity (Wildman–Crippen MR) is 101 cm³/mol. The first kappa shape index (κ1) is 18.5. The molecular formula is C21H23NO3. The largest absolute Gasteiger partial charge is 0.497 e. The zero-order chi connectivity index (χ0) is 17.9. The van der Waals surface area contributed by atoms with Gasteiger partial charge in [0.15, 0.2) is 0 Å². The number of methoxy groups -OCH3 is 1. The third-order valence-electron chi connectivity index (χ3n) is 3.51. The molecule has 0 heterocycles. The first-order valence-corrected chi connectivity index (χ1v) is 8.35. The third-order valence-corrected chi connectivity index (χ3v) is 3.51. The molecule has 2 aromatic rings. The van der Waals surface area contributed by atoms with Gasteiger partial charge in [-0.25, -0.2) is 9.79 Å². The summed E-state index contributed by atoms with van der Waals surface area (Å²) in [5.41, 5.74) is 2.05. The Bertz CT molecular complexity index is 719. The van der Waals surface area contributed by atoms with Crippen molar-refractivity contribution in [3.05, 3.63) is 71.4 Å². The van der Waals surface area contributed by atoms with Crippen molar-refractivity contribution in [1.82, 2.24) is 0 Å². The van der Waals surface area contributed by atoms with E-state index in [1.54, 1.807) is 19.4 Å². The molecular weight excluding hydrogens is 314 g/mol. The highest BCUT2D eigenvalue weighted by Gasteiger charge is 2.09. The summed E-state index contributed by atoms with van der Waals surface area (Å²) in [5.74, 6) is 0.359. The highest BCUT2D eigenvalue weighted by Crippen LogP contribution is 2.13. The van der Waals surface area contributed by atoms with Gasteiger partial charge >= 0.3 is 5.97 Å². The summed E-state index contributed by atoms with van der Waals surface area (Å²) in [6.07, 6.45) is 5.19. The lowest BCUT2D eigenvalue weighted by atomic mass is 10.2. The van der Waals surface area contributed by atoms with Crippen LogP contribution in [0.3, 0.4) is 0 Å². The van der Waals surface area contributed by atoms with Crippen molar-refractivity contribution in [2.45, 2.75) is 19.8 Å². The quantitative estimate of drug-likeness (QED) is 0.308. The molecule has 4 nitrogen and oxygen atoms in total. The zero-order valence-electron chi connectivity index (χ0n) is 14.6. The second-order valence-electron chi connectivity index (χ2n) is 5.46. The molecule has 0 amide bonds. The van der Waals surface area contributed by atoms with Crippen LogP contribution in [0.25, 0.3) is 6.08 Å². The summed E-state index contributed by atoms with van der Waals surface area (Å²) in [4.78, 5) is 16.7. The molecule has 130 valence electrons. The van der Waals surface area contributed by atoms with Crippen molar-refractivity contribution in [2.75, 3.05) is 13.7 Å². The smallest absolute Gasteiger partial charge is 0.356 e. The third kappa shape index (κ3) is 6.26. The van der Waals surface area contributed by atoms with E-state index in [9.17, 15) is 4.79 Å². The molecule has 2 aromatic carbocycles. The van der Waals surface area contributed by atoms with Gasteiger partial charge < -0.3 is 9.47 Å². The number of carbonyl (C=O) groups is 1. The lowest BCUT2D eigenvalue weighted by Gasteiger charge is -2.05. The van der Waals surface area contributed by atoms with E-state index in [1.807, 2.05) is 54.6 Å². The van der Waals surface area contributed by atoms with Gasteiger partial charge in [-0.3, -0.25) is 0 Å². The van der Waals surface area contributed by atoms with Gasteiger partial charge in [-0.1, -0.05) is 43.7 Å². The fraction of sp³-hybridized carbons (Fsp3) is 0.238. The molecule has 0 fully saturated rings. The molecule has 0 aliphatic rings. The Kier molecular flexibility index (Phi) is 7.44. The number of aliphatic imine (C=N–C) groups is 1. The van der Waals surface area contributed by atoms with Crippen molar-refractivity contribution in [1.29, 1.82) is 0 Å². The summed E-state index contributed by atoms with van der Waals surface area (Å²) in [6.45, 7) is 2.45. The maximum Gasteiger partial charge on any atom is 0.356 e. The number of carbonyl (C=O) groups excluding carboxylic acids is 1. The summed E-state index contributed by atoms with van der Waals surface area (Å²) in [6, 6.07) is 17.1. The molecule has 0 saturated heterocycles. The zero-order valence-corrected chi connectivity index (χ0v) is 14.6. The lowest BCUT2D eigenvalue weighted by molar-refractivity contribution is -0.139. The molecule has 0 spiro atoms. The second kappa shape index (κ2) is 10.1. The van der Waals surface area contributed by atoms with Gasteiger partial charge in [0, 0.05) is 6.21 Å². The van der Waals surface area contributed by atoms with E-state index < -0.39 is 5.97 Å². The summed E-state index contributed by atoms with van der Waals surface area (Å²) in [7, 11) is 1.62. The van der Waals surface area contributed by atoms with Gasteiger partial charge in [-0.05, 0) is 47.9 Å². The molecule has 0 aromatic heterocycles. The molecule has 4 heteroatoms. The van der Waals surface area contributed by atoms with Crippen molar-refractivity contribution < 1.29 is 14.3 Å². The van der Waals surface area contributed by atoms with Gasteiger partial charge in [0.2, 0.25) is 0 Å². The van der Waals surface area contributed by atoms with Crippen molar-refractivity contribution in [2.24, 2.45) is 4.99 Å². The van der Waals surface area contributed by atoms with Gasteiger partial charge in [0.05, 0.1) is 13.7 Å². The van der Waals surface area contributed by atoms with E-state index >= 15 is 0 Å². The minimum atomic E-state index is -0.415. The SMILES string of the molecule is CCCCOC(=O)C(=Cc1ccccc1)N=Cc1ccc(OC)cc1. The molecule has 0 bridgehead atoms. The molecule has 0 radical (unpaired) electrons. The van der Waals surface area contributed by atoms with Gasteiger partial charge in [0.1, 0.15) is 11.4 Å². The Morgan fingerprint density at radius 1 is 1.04 bits per heavy atom. The average Bonchev–Trinajstić information content (AvgIpc) is 2.66. The monoisotopic (exact) mass is 337 g/mol. The molecule has 0 unspecified atom stereocenters. The van der Waals surface area contributed by atoms with Crippen LogP contribution in [0.5, 0.6) is 5.75 Å². The molecule has 0 atom stereocenters. The summed E-state index contributed by atoms with van der Waals surface area (Å²) in [5, 5.41) is 0. The van der Waals surface area contributed by atoms with E-state index in [1.165, 1.54) is 0 Å². The van der Waals surface area contributed by atoms with E-state index in [-0.39, 0.29) is 5.70 Å². The lowest BCUT2D eigenvalue weighted by Crippen LogP contribution is -2.08. The number of rotatable bonds is 8. The van der Waals surface area contributed by atoms with Crippen LogP contribution in [0.4, 0.5) is 0 Å². The normalized spacial score (nSPS) is 11.5. The Balaban J connectivity index is 2.19. The molecule has 0 aliphatic heterocycles. The average molecular weight is 337 g/mol.